The van der Waals surface area contributed by atoms with E-state index in [9.17, 15) is 24.3 Å². The lowest BCUT2D eigenvalue weighted by molar-refractivity contribution is -0.115. The summed E-state index contributed by atoms with van der Waals surface area (Å²) >= 11 is 3.21. The summed E-state index contributed by atoms with van der Waals surface area (Å²) in [5.74, 6) is -1.43. The first-order chi connectivity index (χ1) is 18.3. The molecule has 2 aromatic carbocycles. The van der Waals surface area contributed by atoms with Crippen LogP contribution < -0.4 is 11.4 Å². The fraction of sp³-hybridized carbons (Fsp3) is 0.172. The molecule has 1 aromatic heterocycles. The molecule has 0 bridgehead atoms. The van der Waals surface area contributed by atoms with Gasteiger partial charge in [0.1, 0.15) is 5.75 Å². The van der Waals surface area contributed by atoms with Crippen molar-refractivity contribution in [2.45, 2.75) is 31.3 Å². The van der Waals surface area contributed by atoms with Crippen LogP contribution in [-0.2, 0) is 22.6 Å². The van der Waals surface area contributed by atoms with Crippen LogP contribution in [0.5, 0.6) is 5.75 Å². The first-order valence-electron chi connectivity index (χ1n) is 12.1. The Hall–Kier alpha value is -4.24. The van der Waals surface area contributed by atoms with Gasteiger partial charge in [0.2, 0.25) is 0 Å². The second kappa shape index (κ2) is 8.95. The average molecular weight is 572 g/mol. The number of ketones is 2. The van der Waals surface area contributed by atoms with Crippen molar-refractivity contribution in [1.82, 2.24) is 13.9 Å². The summed E-state index contributed by atoms with van der Waals surface area (Å²) in [6.45, 7) is 3.86. The molecule has 3 aliphatic rings. The van der Waals surface area contributed by atoms with Crippen molar-refractivity contribution in [2.24, 2.45) is 0 Å². The van der Waals surface area contributed by atoms with Crippen molar-refractivity contribution < 1.29 is 14.7 Å². The Labute approximate surface area is 225 Å². The number of para-hydroxylation sites is 2. The van der Waals surface area contributed by atoms with Crippen LogP contribution in [-0.4, -0.2) is 30.6 Å². The van der Waals surface area contributed by atoms with Gasteiger partial charge in [-0.15, -0.1) is 6.58 Å². The van der Waals surface area contributed by atoms with E-state index in [1.807, 2.05) is 6.08 Å². The number of rotatable bonds is 4. The first-order valence-corrected chi connectivity index (χ1v) is 12.9. The Kier molecular flexibility index (Phi) is 5.68. The van der Waals surface area contributed by atoms with Gasteiger partial charge in [0.25, 0.3) is 0 Å². The number of phenolic OH excluding ortho intramolecular Hbond substituents is 1. The van der Waals surface area contributed by atoms with Gasteiger partial charge in [-0.1, -0.05) is 48.6 Å². The second-order valence-corrected chi connectivity index (χ2v) is 10.3. The third kappa shape index (κ3) is 3.42. The standard InChI is InChI=1S/C29H22BrN3O5/c1-2-7-16-8-6-11-19(26(16)35)24-18-12-13-31-28(37)32(17-9-4-3-5-10-17)29(38)33(31)22(18)14-20-25(24)23(34)15-21(30)27(20)36/h2-6,8-12,15,22,24,35H,1,7,13-14H2. The summed E-state index contributed by atoms with van der Waals surface area (Å²) in [5, 5.41) is 11.3. The van der Waals surface area contributed by atoms with Gasteiger partial charge in [-0.3, -0.25) is 9.59 Å². The Morgan fingerprint density at radius 1 is 1.03 bits per heavy atom. The molecular formula is C29H22BrN3O5. The molecule has 9 heteroatoms. The Bertz CT molecular complexity index is 1770. The molecule has 38 heavy (non-hydrogen) atoms. The summed E-state index contributed by atoms with van der Waals surface area (Å²) in [6.07, 6.45) is 5.25. The molecular weight excluding hydrogens is 550 g/mol. The predicted molar refractivity (Wildman–Crippen MR) is 145 cm³/mol. The summed E-state index contributed by atoms with van der Waals surface area (Å²) < 4.78 is 4.00. The highest BCUT2D eigenvalue weighted by molar-refractivity contribution is 9.12. The SMILES string of the molecule is C=CCc1cccc(C2C3=CCn4c(=O)n(-c5ccccc5)c(=O)n4C3CC3=C2C(=O)C=C(Br)C3=O)c1O. The molecule has 8 nitrogen and oxygen atoms in total. The van der Waals surface area contributed by atoms with Crippen molar-refractivity contribution in [3.63, 3.8) is 0 Å². The zero-order valence-electron chi connectivity index (χ0n) is 20.1. The fourth-order valence-electron chi connectivity index (χ4n) is 5.80. The minimum atomic E-state index is -0.766. The van der Waals surface area contributed by atoms with Crippen molar-refractivity contribution in [3.8, 4) is 11.4 Å². The van der Waals surface area contributed by atoms with E-state index in [0.29, 0.717) is 28.8 Å². The topological polar surface area (TPSA) is 103 Å². The molecule has 3 aromatic rings. The minimum absolute atomic E-state index is 0.0110. The Balaban J connectivity index is 1.60. The third-order valence-electron chi connectivity index (χ3n) is 7.44. The summed E-state index contributed by atoms with van der Waals surface area (Å²) in [7, 11) is 0. The number of fused-ring (bicyclic) bond motifs is 3. The lowest BCUT2D eigenvalue weighted by atomic mass is 9.68. The zero-order chi connectivity index (χ0) is 26.7. The van der Waals surface area contributed by atoms with E-state index >= 15 is 0 Å². The molecule has 1 aliphatic heterocycles. The van der Waals surface area contributed by atoms with Gasteiger partial charge in [0.05, 0.1) is 22.8 Å². The van der Waals surface area contributed by atoms with E-state index in [1.54, 1.807) is 54.6 Å². The number of nitrogens with zero attached hydrogens (tertiary/aromatic N) is 3. The van der Waals surface area contributed by atoms with Crippen LogP contribution in [0.3, 0.4) is 0 Å². The highest BCUT2D eigenvalue weighted by Gasteiger charge is 2.45. The number of Topliss-reactive ketones (excluding diaryl/α,β-unsaturated/α-hetero) is 1. The summed E-state index contributed by atoms with van der Waals surface area (Å²) in [6, 6.07) is 13.2. The monoisotopic (exact) mass is 571 g/mol. The molecule has 2 aliphatic carbocycles. The molecule has 0 radical (unpaired) electrons. The van der Waals surface area contributed by atoms with Gasteiger partial charge in [0, 0.05) is 35.1 Å². The van der Waals surface area contributed by atoms with E-state index in [2.05, 4.69) is 22.5 Å². The maximum absolute atomic E-state index is 13.7. The van der Waals surface area contributed by atoms with E-state index in [0.717, 1.165) is 4.57 Å². The second-order valence-electron chi connectivity index (χ2n) is 9.45. The zero-order valence-corrected chi connectivity index (χ0v) is 21.7. The number of hydrogen-bond donors (Lipinski definition) is 1. The van der Waals surface area contributed by atoms with Gasteiger partial charge in [-0.05, 0) is 45.6 Å². The molecule has 0 saturated carbocycles. The van der Waals surface area contributed by atoms with Crippen LogP contribution in [0.2, 0.25) is 0 Å². The van der Waals surface area contributed by atoms with E-state index < -0.39 is 23.3 Å². The number of phenols is 1. The lowest BCUT2D eigenvalue weighted by Gasteiger charge is -2.39. The van der Waals surface area contributed by atoms with Crippen LogP contribution in [0.1, 0.15) is 29.5 Å². The number of carbonyl (C=O) groups excluding carboxylic acids is 2. The number of allylic oxidation sites excluding steroid dienone is 7. The van der Waals surface area contributed by atoms with Gasteiger partial charge in [0.15, 0.2) is 11.6 Å². The molecule has 2 heterocycles. The van der Waals surface area contributed by atoms with Crippen molar-refractivity contribution in [3.05, 3.63) is 127 Å². The number of aromatic hydroxyl groups is 1. The van der Waals surface area contributed by atoms with Gasteiger partial charge in [-0.25, -0.2) is 23.5 Å². The summed E-state index contributed by atoms with van der Waals surface area (Å²) in [5.41, 5.74) is 1.76. The van der Waals surface area contributed by atoms with Gasteiger partial charge < -0.3 is 5.11 Å². The van der Waals surface area contributed by atoms with Crippen molar-refractivity contribution in [2.75, 3.05) is 0 Å². The Morgan fingerprint density at radius 2 is 1.79 bits per heavy atom. The quantitative estimate of drug-likeness (QED) is 0.380. The van der Waals surface area contributed by atoms with Crippen LogP contribution >= 0.6 is 15.9 Å². The van der Waals surface area contributed by atoms with E-state index in [-0.39, 0.29) is 45.9 Å². The number of carbonyl (C=O) groups is 2. The molecule has 1 N–H and O–H groups in total. The van der Waals surface area contributed by atoms with Crippen LogP contribution in [0.15, 0.2) is 104 Å². The predicted octanol–water partition coefficient (Wildman–Crippen LogP) is 3.63. The smallest absolute Gasteiger partial charge is 0.352 e. The normalized spacial score (nSPS) is 20.3. The number of aromatic nitrogens is 3. The molecule has 0 saturated heterocycles. The van der Waals surface area contributed by atoms with Crippen molar-refractivity contribution >= 4 is 27.5 Å². The largest absolute Gasteiger partial charge is 0.507 e. The highest BCUT2D eigenvalue weighted by Crippen LogP contribution is 2.52. The Morgan fingerprint density at radius 3 is 2.53 bits per heavy atom. The maximum Gasteiger partial charge on any atom is 0.352 e. The third-order valence-corrected chi connectivity index (χ3v) is 8.03. The lowest BCUT2D eigenvalue weighted by Crippen LogP contribution is -2.40. The van der Waals surface area contributed by atoms with E-state index in [4.69, 9.17) is 0 Å². The van der Waals surface area contributed by atoms with Crippen LogP contribution in [0.4, 0.5) is 0 Å². The molecule has 2 unspecified atom stereocenters. The molecule has 190 valence electrons. The number of benzene rings is 2. The summed E-state index contributed by atoms with van der Waals surface area (Å²) in [4.78, 5) is 53.8. The highest BCUT2D eigenvalue weighted by atomic mass is 79.9. The minimum Gasteiger partial charge on any atom is -0.507 e. The van der Waals surface area contributed by atoms with Crippen LogP contribution in [0.25, 0.3) is 5.69 Å². The molecule has 0 amide bonds. The van der Waals surface area contributed by atoms with Gasteiger partial charge in [-0.2, -0.15) is 0 Å². The first kappa shape index (κ1) is 24.1. The molecule has 6 rings (SSSR count). The maximum atomic E-state index is 13.7. The van der Waals surface area contributed by atoms with Gasteiger partial charge >= 0.3 is 11.4 Å². The number of hydrogen-bond acceptors (Lipinski definition) is 5. The molecule has 0 spiro atoms. The van der Waals surface area contributed by atoms with Crippen LogP contribution in [0, 0.1) is 0 Å². The van der Waals surface area contributed by atoms with E-state index in [1.165, 1.54) is 15.4 Å². The fourth-order valence-corrected chi connectivity index (χ4v) is 6.24. The average Bonchev–Trinajstić information content (AvgIpc) is 3.18. The molecule has 0 fully saturated rings. The van der Waals surface area contributed by atoms with Crippen molar-refractivity contribution in [1.29, 1.82) is 0 Å². The number of halogens is 1. The molecule has 2 atom stereocenters.